The van der Waals surface area contributed by atoms with Gasteiger partial charge >= 0.3 is 0 Å². The number of hydrogen-bond donors (Lipinski definition) is 3. The lowest BCUT2D eigenvalue weighted by Crippen LogP contribution is -2.39. The summed E-state index contributed by atoms with van der Waals surface area (Å²) in [6, 6.07) is 18.7. The molecule has 162 valence electrons. The van der Waals surface area contributed by atoms with Crippen molar-refractivity contribution in [2.75, 3.05) is 27.3 Å². The topological polar surface area (TPSA) is 96.9 Å². The normalized spacial score (nSPS) is 11.6. The highest BCUT2D eigenvalue weighted by atomic mass is 16.5. The van der Waals surface area contributed by atoms with E-state index in [-0.39, 0.29) is 25.4 Å². The Morgan fingerprint density at radius 3 is 2.48 bits per heavy atom. The SMILES string of the molecule is COc1ccc(OC)c(C(O)CNC(=O)CNC(=O)Cc2cccc3ccccc23)c1. The van der Waals surface area contributed by atoms with Crippen LogP contribution in [0.5, 0.6) is 11.5 Å². The van der Waals surface area contributed by atoms with Gasteiger partial charge in [0.05, 0.1) is 33.3 Å². The predicted molar refractivity (Wildman–Crippen MR) is 118 cm³/mol. The molecule has 2 amide bonds. The molecule has 0 aliphatic heterocycles. The number of fused-ring (bicyclic) bond motifs is 1. The number of methoxy groups -OCH3 is 2. The second-order valence-corrected chi connectivity index (χ2v) is 7.02. The lowest BCUT2D eigenvalue weighted by atomic mass is 10.0. The summed E-state index contributed by atoms with van der Waals surface area (Å²) in [5.41, 5.74) is 1.40. The van der Waals surface area contributed by atoms with Crippen LogP contribution in [0, 0.1) is 0 Å². The highest BCUT2D eigenvalue weighted by molar-refractivity contribution is 5.91. The largest absolute Gasteiger partial charge is 0.497 e. The number of aliphatic hydroxyl groups excluding tert-OH is 1. The minimum atomic E-state index is -0.986. The van der Waals surface area contributed by atoms with Gasteiger partial charge in [-0.25, -0.2) is 0 Å². The van der Waals surface area contributed by atoms with Crippen molar-refractivity contribution in [1.29, 1.82) is 0 Å². The van der Waals surface area contributed by atoms with Crippen LogP contribution in [-0.4, -0.2) is 44.2 Å². The van der Waals surface area contributed by atoms with E-state index in [4.69, 9.17) is 9.47 Å². The number of ether oxygens (including phenoxy) is 2. The Morgan fingerprint density at radius 1 is 0.935 bits per heavy atom. The van der Waals surface area contributed by atoms with Crippen molar-refractivity contribution in [2.45, 2.75) is 12.5 Å². The van der Waals surface area contributed by atoms with Gasteiger partial charge in [0.1, 0.15) is 11.5 Å². The fourth-order valence-electron chi connectivity index (χ4n) is 3.34. The van der Waals surface area contributed by atoms with Crippen molar-refractivity contribution in [2.24, 2.45) is 0 Å². The molecule has 0 bridgehead atoms. The summed E-state index contributed by atoms with van der Waals surface area (Å²) < 4.78 is 10.4. The third kappa shape index (κ3) is 5.73. The highest BCUT2D eigenvalue weighted by Crippen LogP contribution is 2.29. The number of benzene rings is 3. The molecule has 7 nitrogen and oxygen atoms in total. The third-order valence-corrected chi connectivity index (χ3v) is 4.97. The Bertz CT molecular complexity index is 1060. The van der Waals surface area contributed by atoms with Gasteiger partial charge in [-0.1, -0.05) is 42.5 Å². The number of hydrogen-bond acceptors (Lipinski definition) is 5. The Kier molecular flexibility index (Phi) is 7.45. The molecule has 1 atom stereocenters. The maximum atomic E-state index is 12.3. The first-order valence-corrected chi connectivity index (χ1v) is 9.92. The zero-order valence-corrected chi connectivity index (χ0v) is 17.6. The molecular weight excluding hydrogens is 396 g/mol. The fourth-order valence-corrected chi connectivity index (χ4v) is 3.34. The summed E-state index contributed by atoms with van der Waals surface area (Å²) in [6.07, 6.45) is -0.807. The van der Waals surface area contributed by atoms with E-state index in [1.807, 2.05) is 42.5 Å². The molecule has 31 heavy (non-hydrogen) atoms. The lowest BCUT2D eigenvalue weighted by molar-refractivity contribution is -0.125. The van der Waals surface area contributed by atoms with Gasteiger partial charge in [0.15, 0.2) is 0 Å². The van der Waals surface area contributed by atoms with Crippen LogP contribution in [0.3, 0.4) is 0 Å². The second-order valence-electron chi connectivity index (χ2n) is 7.02. The Labute approximate surface area is 181 Å². The zero-order valence-electron chi connectivity index (χ0n) is 17.6. The standard InChI is InChI=1S/C24H26N2O5/c1-30-18-10-11-22(31-2)20(13-18)21(27)14-25-24(29)15-26-23(28)12-17-8-5-7-16-6-3-4-9-19(16)17/h3-11,13,21,27H,12,14-15H2,1-2H3,(H,25,29)(H,26,28). The first-order chi connectivity index (χ1) is 15.0. The molecular formula is C24H26N2O5. The number of aliphatic hydroxyl groups is 1. The molecule has 7 heteroatoms. The maximum Gasteiger partial charge on any atom is 0.239 e. The number of nitrogens with one attached hydrogen (secondary N) is 2. The summed E-state index contributed by atoms with van der Waals surface area (Å²) in [7, 11) is 3.03. The van der Waals surface area contributed by atoms with Crippen LogP contribution in [0.25, 0.3) is 10.8 Å². The lowest BCUT2D eigenvalue weighted by Gasteiger charge is -2.16. The van der Waals surface area contributed by atoms with Crippen LogP contribution in [0.15, 0.2) is 60.7 Å². The first-order valence-electron chi connectivity index (χ1n) is 9.92. The van der Waals surface area contributed by atoms with E-state index in [9.17, 15) is 14.7 Å². The number of carbonyl (C=O) groups is 2. The summed E-state index contributed by atoms with van der Waals surface area (Å²) in [5, 5.41) is 17.8. The first kappa shape index (κ1) is 22.1. The minimum Gasteiger partial charge on any atom is -0.497 e. The van der Waals surface area contributed by atoms with Crippen molar-refractivity contribution in [3.63, 3.8) is 0 Å². The number of rotatable bonds is 9. The Balaban J connectivity index is 1.50. The van der Waals surface area contributed by atoms with E-state index >= 15 is 0 Å². The van der Waals surface area contributed by atoms with Gasteiger partial charge in [-0.15, -0.1) is 0 Å². The average Bonchev–Trinajstić information content (AvgIpc) is 2.81. The molecule has 1 unspecified atom stereocenters. The minimum absolute atomic E-state index is 0.0262. The molecule has 0 fully saturated rings. The van der Waals surface area contributed by atoms with Gasteiger partial charge in [0, 0.05) is 12.1 Å². The second kappa shape index (κ2) is 10.4. The van der Waals surface area contributed by atoms with Gasteiger partial charge in [-0.2, -0.15) is 0 Å². The molecule has 3 aromatic rings. The van der Waals surface area contributed by atoms with Crippen LogP contribution in [0.4, 0.5) is 0 Å². The van der Waals surface area contributed by atoms with Crippen LogP contribution in [0.2, 0.25) is 0 Å². The van der Waals surface area contributed by atoms with Crippen molar-refractivity contribution in [3.05, 3.63) is 71.8 Å². The predicted octanol–water partition coefficient (Wildman–Crippen LogP) is 2.37. The van der Waals surface area contributed by atoms with Crippen molar-refractivity contribution < 1.29 is 24.2 Å². The third-order valence-electron chi connectivity index (χ3n) is 4.97. The van der Waals surface area contributed by atoms with Crippen molar-refractivity contribution in [1.82, 2.24) is 10.6 Å². The molecule has 0 aliphatic carbocycles. The van der Waals surface area contributed by atoms with Gasteiger partial charge < -0.3 is 25.2 Å². The van der Waals surface area contributed by atoms with Gasteiger partial charge in [-0.3, -0.25) is 9.59 Å². The summed E-state index contributed by atoms with van der Waals surface area (Å²) >= 11 is 0. The molecule has 3 N–H and O–H groups in total. The van der Waals surface area contributed by atoms with Crippen molar-refractivity contribution >= 4 is 22.6 Å². The monoisotopic (exact) mass is 422 g/mol. The Hall–Kier alpha value is -3.58. The number of carbonyl (C=O) groups excluding carboxylic acids is 2. The van der Waals surface area contributed by atoms with E-state index in [0.29, 0.717) is 17.1 Å². The molecule has 0 spiro atoms. The molecule has 0 aromatic heterocycles. The van der Waals surface area contributed by atoms with E-state index < -0.39 is 12.0 Å². The zero-order chi connectivity index (χ0) is 22.2. The molecule has 0 radical (unpaired) electrons. The van der Waals surface area contributed by atoms with Crippen LogP contribution < -0.4 is 20.1 Å². The molecule has 3 aromatic carbocycles. The van der Waals surface area contributed by atoms with Gasteiger partial charge in [0.25, 0.3) is 0 Å². The Morgan fingerprint density at radius 2 is 1.71 bits per heavy atom. The fraction of sp³-hybridized carbons (Fsp3) is 0.250. The van der Waals surface area contributed by atoms with Crippen molar-refractivity contribution in [3.8, 4) is 11.5 Å². The van der Waals surface area contributed by atoms with Crippen LogP contribution >= 0.6 is 0 Å². The average molecular weight is 422 g/mol. The molecule has 0 saturated carbocycles. The highest BCUT2D eigenvalue weighted by Gasteiger charge is 2.16. The van der Waals surface area contributed by atoms with E-state index in [0.717, 1.165) is 16.3 Å². The van der Waals surface area contributed by atoms with E-state index in [1.54, 1.807) is 18.2 Å². The molecule has 0 heterocycles. The van der Waals surface area contributed by atoms with Gasteiger partial charge in [0.2, 0.25) is 11.8 Å². The molecule has 0 saturated heterocycles. The van der Waals surface area contributed by atoms with Gasteiger partial charge in [-0.05, 0) is 34.5 Å². The summed E-state index contributed by atoms with van der Waals surface area (Å²) in [4.78, 5) is 24.4. The molecule has 3 rings (SSSR count). The maximum absolute atomic E-state index is 12.3. The van der Waals surface area contributed by atoms with E-state index in [2.05, 4.69) is 10.6 Å². The van der Waals surface area contributed by atoms with E-state index in [1.165, 1.54) is 14.2 Å². The quantitative estimate of drug-likeness (QED) is 0.492. The number of amides is 2. The smallest absolute Gasteiger partial charge is 0.239 e. The summed E-state index contributed by atoms with van der Waals surface area (Å²) in [5.74, 6) is 0.418. The van der Waals surface area contributed by atoms with Crippen LogP contribution in [-0.2, 0) is 16.0 Å². The summed E-state index contributed by atoms with van der Waals surface area (Å²) in [6.45, 7) is -0.201. The molecule has 0 aliphatic rings. The van der Waals surface area contributed by atoms with Crippen LogP contribution in [0.1, 0.15) is 17.2 Å².